The predicted octanol–water partition coefficient (Wildman–Crippen LogP) is 2.44. The zero-order valence-electron chi connectivity index (χ0n) is 10.7. The molecule has 0 saturated heterocycles. The molecule has 2 atom stereocenters. The highest BCUT2D eigenvalue weighted by atomic mass is 16.5. The molecule has 0 aromatic heterocycles. The summed E-state index contributed by atoms with van der Waals surface area (Å²) in [5.41, 5.74) is -0.416. The molecular formula is C14H23NO2. The van der Waals surface area contributed by atoms with Crippen LogP contribution in [0, 0.1) is 5.41 Å². The van der Waals surface area contributed by atoms with Gasteiger partial charge in [0.1, 0.15) is 0 Å². The second-order valence-corrected chi connectivity index (χ2v) is 4.51. The molecule has 0 aromatic carbocycles. The fourth-order valence-electron chi connectivity index (χ4n) is 2.70. The van der Waals surface area contributed by atoms with E-state index in [9.17, 15) is 4.79 Å². The highest BCUT2D eigenvalue weighted by Crippen LogP contribution is 2.42. The van der Waals surface area contributed by atoms with Crippen LogP contribution in [0.2, 0.25) is 0 Å². The molecule has 0 amide bonds. The molecule has 96 valence electrons. The quantitative estimate of drug-likeness (QED) is 0.546. The Kier molecular flexibility index (Phi) is 5.42. The predicted molar refractivity (Wildman–Crippen MR) is 69.7 cm³/mol. The number of rotatable bonds is 7. The Hall–Kier alpha value is -1.09. The van der Waals surface area contributed by atoms with Crippen LogP contribution in [0.4, 0.5) is 0 Å². The average Bonchev–Trinajstić information content (AvgIpc) is 2.71. The molecule has 0 bridgehead atoms. The van der Waals surface area contributed by atoms with Gasteiger partial charge in [-0.2, -0.15) is 0 Å². The van der Waals surface area contributed by atoms with E-state index in [2.05, 4.69) is 18.5 Å². The van der Waals surface area contributed by atoms with Crippen molar-refractivity contribution in [3.05, 3.63) is 25.3 Å². The number of hydrogen-bond acceptors (Lipinski definition) is 3. The molecule has 1 rings (SSSR count). The van der Waals surface area contributed by atoms with Gasteiger partial charge < -0.3 is 10.1 Å². The van der Waals surface area contributed by atoms with E-state index >= 15 is 0 Å². The van der Waals surface area contributed by atoms with Crippen LogP contribution in [0.25, 0.3) is 0 Å². The number of hydrogen-bond donors (Lipinski definition) is 1. The maximum atomic E-state index is 12.2. The van der Waals surface area contributed by atoms with Gasteiger partial charge in [-0.15, -0.1) is 13.2 Å². The lowest BCUT2D eigenvalue weighted by atomic mass is 9.79. The third kappa shape index (κ3) is 2.97. The number of esters is 1. The van der Waals surface area contributed by atoms with Crippen molar-refractivity contribution in [2.45, 2.75) is 38.6 Å². The van der Waals surface area contributed by atoms with Crippen molar-refractivity contribution in [2.75, 3.05) is 13.2 Å². The standard InChI is InChI=1S/C14H23NO2/c1-4-9-14(13(16)17-6-3)10-7-8-12(14)15-11-5-2/h4-5,12,15H,1-2,6-11H2,3H3/t12-,14-/m0/s1. The second-order valence-electron chi connectivity index (χ2n) is 4.51. The molecule has 1 aliphatic carbocycles. The Morgan fingerprint density at radius 2 is 2.29 bits per heavy atom. The van der Waals surface area contributed by atoms with E-state index in [1.165, 1.54) is 0 Å². The summed E-state index contributed by atoms with van der Waals surface area (Å²) in [6.45, 7) is 10.5. The van der Waals surface area contributed by atoms with E-state index in [1.54, 1.807) is 0 Å². The highest BCUT2D eigenvalue weighted by molar-refractivity contribution is 5.78. The molecule has 3 heteroatoms. The minimum Gasteiger partial charge on any atom is -0.466 e. The Morgan fingerprint density at radius 3 is 2.88 bits per heavy atom. The molecule has 17 heavy (non-hydrogen) atoms. The number of nitrogens with one attached hydrogen (secondary N) is 1. The van der Waals surface area contributed by atoms with Crippen LogP contribution in [-0.4, -0.2) is 25.2 Å². The monoisotopic (exact) mass is 237 g/mol. The van der Waals surface area contributed by atoms with Gasteiger partial charge in [-0.25, -0.2) is 0 Å². The SMILES string of the molecule is C=CCN[C@H]1CCC[C@]1(CC=C)C(=O)OCC. The smallest absolute Gasteiger partial charge is 0.313 e. The van der Waals surface area contributed by atoms with Crippen LogP contribution in [0.5, 0.6) is 0 Å². The van der Waals surface area contributed by atoms with Crippen molar-refractivity contribution >= 4 is 5.97 Å². The molecule has 1 aliphatic rings. The average molecular weight is 237 g/mol. The van der Waals surface area contributed by atoms with Gasteiger partial charge in [0.15, 0.2) is 0 Å². The van der Waals surface area contributed by atoms with Crippen LogP contribution in [0.1, 0.15) is 32.6 Å². The summed E-state index contributed by atoms with van der Waals surface area (Å²) in [7, 11) is 0. The highest BCUT2D eigenvalue weighted by Gasteiger charge is 2.48. The molecule has 1 saturated carbocycles. The zero-order valence-corrected chi connectivity index (χ0v) is 10.7. The Bertz CT molecular complexity index is 288. The van der Waals surface area contributed by atoms with Crippen LogP contribution >= 0.6 is 0 Å². The van der Waals surface area contributed by atoms with E-state index in [4.69, 9.17) is 4.74 Å². The fourth-order valence-corrected chi connectivity index (χ4v) is 2.70. The lowest BCUT2D eigenvalue weighted by Gasteiger charge is -2.32. The Balaban J connectivity index is 2.83. The van der Waals surface area contributed by atoms with Gasteiger partial charge in [0.25, 0.3) is 0 Å². The van der Waals surface area contributed by atoms with Crippen molar-refractivity contribution in [3.63, 3.8) is 0 Å². The van der Waals surface area contributed by atoms with Crippen LogP contribution in [0.3, 0.4) is 0 Å². The van der Waals surface area contributed by atoms with Crippen molar-refractivity contribution in [2.24, 2.45) is 5.41 Å². The molecule has 0 spiro atoms. The topological polar surface area (TPSA) is 38.3 Å². The van der Waals surface area contributed by atoms with E-state index in [1.807, 2.05) is 19.1 Å². The minimum absolute atomic E-state index is 0.0843. The Labute approximate surface area is 104 Å². The zero-order chi connectivity index (χ0) is 12.7. The van der Waals surface area contributed by atoms with Crippen LogP contribution in [0.15, 0.2) is 25.3 Å². The first-order chi connectivity index (χ1) is 8.21. The molecular weight excluding hydrogens is 214 g/mol. The van der Waals surface area contributed by atoms with E-state index in [0.29, 0.717) is 13.0 Å². The summed E-state index contributed by atoms with van der Waals surface area (Å²) in [4.78, 5) is 12.2. The summed E-state index contributed by atoms with van der Waals surface area (Å²) in [6, 6.07) is 0.178. The van der Waals surface area contributed by atoms with Gasteiger partial charge in [-0.3, -0.25) is 4.79 Å². The molecule has 0 radical (unpaired) electrons. The third-order valence-corrected chi connectivity index (χ3v) is 3.48. The first-order valence-corrected chi connectivity index (χ1v) is 6.33. The molecule has 0 unspecified atom stereocenters. The van der Waals surface area contributed by atoms with Crippen LogP contribution < -0.4 is 5.32 Å². The molecule has 1 fully saturated rings. The molecule has 0 aromatic rings. The van der Waals surface area contributed by atoms with Crippen LogP contribution in [-0.2, 0) is 9.53 Å². The van der Waals surface area contributed by atoms with Gasteiger partial charge >= 0.3 is 5.97 Å². The number of carbonyl (C=O) groups is 1. The largest absolute Gasteiger partial charge is 0.466 e. The summed E-state index contributed by atoms with van der Waals surface area (Å²) < 4.78 is 5.24. The minimum atomic E-state index is -0.416. The van der Waals surface area contributed by atoms with Gasteiger partial charge in [-0.1, -0.05) is 18.6 Å². The van der Waals surface area contributed by atoms with E-state index in [-0.39, 0.29) is 12.0 Å². The Morgan fingerprint density at radius 1 is 1.53 bits per heavy atom. The summed E-state index contributed by atoms with van der Waals surface area (Å²) in [5.74, 6) is -0.0843. The van der Waals surface area contributed by atoms with Gasteiger partial charge in [0.2, 0.25) is 0 Å². The van der Waals surface area contributed by atoms with Crippen molar-refractivity contribution in [1.29, 1.82) is 0 Å². The molecule has 0 aliphatic heterocycles. The molecule has 1 N–H and O–H groups in total. The van der Waals surface area contributed by atoms with Gasteiger partial charge in [0.05, 0.1) is 12.0 Å². The fraction of sp³-hybridized carbons (Fsp3) is 0.643. The molecule has 3 nitrogen and oxygen atoms in total. The lowest BCUT2D eigenvalue weighted by molar-refractivity contribution is -0.156. The first kappa shape index (κ1) is 14.0. The van der Waals surface area contributed by atoms with Crippen molar-refractivity contribution in [3.8, 4) is 0 Å². The summed E-state index contributed by atoms with van der Waals surface area (Å²) in [5, 5.41) is 3.38. The normalized spacial score (nSPS) is 27.7. The number of allylic oxidation sites excluding steroid dienone is 1. The van der Waals surface area contributed by atoms with Crippen molar-refractivity contribution < 1.29 is 9.53 Å². The third-order valence-electron chi connectivity index (χ3n) is 3.48. The number of carbonyl (C=O) groups excluding carboxylic acids is 1. The van der Waals surface area contributed by atoms with Crippen molar-refractivity contribution in [1.82, 2.24) is 5.32 Å². The van der Waals surface area contributed by atoms with E-state index in [0.717, 1.165) is 25.8 Å². The van der Waals surface area contributed by atoms with Gasteiger partial charge in [-0.05, 0) is 26.2 Å². The lowest BCUT2D eigenvalue weighted by Crippen LogP contribution is -2.47. The first-order valence-electron chi connectivity index (χ1n) is 6.33. The van der Waals surface area contributed by atoms with Gasteiger partial charge in [0, 0.05) is 12.6 Å². The van der Waals surface area contributed by atoms with E-state index < -0.39 is 5.41 Å². The maximum Gasteiger partial charge on any atom is 0.313 e. The molecule has 0 heterocycles. The summed E-state index contributed by atoms with van der Waals surface area (Å²) in [6.07, 6.45) is 7.28. The maximum absolute atomic E-state index is 12.2. The second kappa shape index (κ2) is 6.60. The number of ether oxygens (including phenoxy) is 1. The summed E-state index contributed by atoms with van der Waals surface area (Å²) >= 11 is 0.